The van der Waals surface area contributed by atoms with E-state index >= 15 is 0 Å². The molecule has 25 heavy (non-hydrogen) atoms. The molecule has 1 aromatic heterocycles. The monoisotopic (exact) mass is 364 g/mol. The van der Waals surface area contributed by atoms with Gasteiger partial charge in [-0.25, -0.2) is 4.98 Å². The zero-order valence-corrected chi connectivity index (χ0v) is 16.0. The lowest BCUT2D eigenvalue weighted by Gasteiger charge is -2.57. The fourth-order valence-electron chi connectivity index (χ4n) is 3.95. The summed E-state index contributed by atoms with van der Waals surface area (Å²) >= 11 is 1.77. The molecule has 0 aromatic carbocycles. The average Bonchev–Trinajstić information content (AvgIpc) is 3.00. The summed E-state index contributed by atoms with van der Waals surface area (Å²) in [4.78, 5) is 33.7. The number of thiazole rings is 1. The minimum Gasteiger partial charge on any atom is -0.356 e. The van der Waals surface area contributed by atoms with Crippen LogP contribution in [0.3, 0.4) is 0 Å². The quantitative estimate of drug-likeness (QED) is 0.784. The highest BCUT2D eigenvalue weighted by Gasteiger charge is 2.47. The van der Waals surface area contributed by atoms with Gasteiger partial charge in [-0.2, -0.15) is 0 Å². The number of hydrogen-bond acceptors (Lipinski definition) is 5. The molecule has 2 fully saturated rings. The van der Waals surface area contributed by atoms with Gasteiger partial charge in [-0.15, -0.1) is 11.3 Å². The van der Waals surface area contributed by atoms with E-state index in [1.807, 2.05) is 18.0 Å². The molecular formula is C18H28N4O2S. The lowest BCUT2D eigenvalue weighted by atomic mass is 9.77. The third kappa shape index (κ3) is 4.39. The van der Waals surface area contributed by atoms with E-state index in [2.05, 4.69) is 15.2 Å². The Morgan fingerprint density at radius 1 is 1.36 bits per heavy atom. The molecule has 0 unspecified atom stereocenters. The summed E-state index contributed by atoms with van der Waals surface area (Å²) in [7, 11) is 0. The Balaban J connectivity index is 1.51. The summed E-state index contributed by atoms with van der Waals surface area (Å²) in [6.45, 7) is 7.92. The maximum atomic E-state index is 12.5. The lowest BCUT2D eigenvalue weighted by molar-refractivity contribution is -0.140. The summed E-state index contributed by atoms with van der Waals surface area (Å²) in [5.41, 5.74) is 0.170. The molecule has 0 aliphatic carbocycles. The largest absolute Gasteiger partial charge is 0.356 e. The Labute approximate surface area is 153 Å². The first-order valence-electron chi connectivity index (χ1n) is 9.17. The van der Waals surface area contributed by atoms with Gasteiger partial charge in [-0.3, -0.25) is 14.5 Å². The Hall–Kier alpha value is -1.47. The maximum absolute atomic E-state index is 12.5. The minimum absolute atomic E-state index is 0.0345. The molecule has 2 aliphatic rings. The zero-order chi connectivity index (χ0) is 17.9. The van der Waals surface area contributed by atoms with Gasteiger partial charge >= 0.3 is 0 Å². The standard InChI is InChI=1S/C18H28N4O2S/c1-14(23)19-8-3-5-17(24)21-9-4-6-18(13-21)7-10-22(18)12-16-11-20-15(2)25-16/h11H,3-10,12-13H2,1-2H3,(H,19,23)/t18-/m1/s1. The van der Waals surface area contributed by atoms with Crippen LogP contribution in [0.5, 0.6) is 0 Å². The van der Waals surface area contributed by atoms with E-state index in [0.29, 0.717) is 19.4 Å². The van der Waals surface area contributed by atoms with Crippen LogP contribution in [0.1, 0.15) is 48.9 Å². The van der Waals surface area contributed by atoms with Crippen LogP contribution in [0.4, 0.5) is 0 Å². The van der Waals surface area contributed by atoms with Crippen LogP contribution < -0.4 is 5.32 Å². The van der Waals surface area contributed by atoms with E-state index in [9.17, 15) is 9.59 Å². The highest BCUT2D eigenvalue weighted by Crippen LogP contribution is 2.40. The Morgan fingerprint density at radius 3 is 2.84 bits per heavy atom. The first-order valence-corrected chi connectivity index (χ1v) is 9.99. The molecule has 3 heterocycles. The molecule has 138 valence electrons. The van der Waals surface area contributed by atoms with E-state index in [1.165, 1.54) is 24.6 Å². The van der Waals surface area contributed by atoms with Crippen molar-refractivity contribution >= 4 is 23.2 Å². The number of aryl methyl sites for hydroxylation is 1. The predicted octanol–water partition coefficient (Wildman–Crippen LogP) is 1.93. The molecule has 7 heteroatoms. The van der Waals surface area contributed by atoms with Crippen molar-refractivity contribution in [3.05, 3.63) is 16.1 Å². The van der Waals surface area contributed by atoms with Gasteiger partial charge < -0.3 is 10.2 Å². The number of nitrogens with one attached hydrogen (secondary N) is 1. The van der Waals surface area contributed by atoms with Gasteiger partial charge in [-0.1, -0.05) is 0 Å². The second-order valence-electron chi connectivity index (χ2n) is 7.25. The van der Waals surface area contributed by atoms with Gasteiger partial charge in [-0.05, 0) is 32.6 Å². The number of likely N-dealkylation sites (tertiary alicyclic amines) is 2. The second kappa shape index (κ2) is 7.83. The van der Waals surface area contributed by atoms with Crippen molar-refractivity contribution in [2.24, 2.45) is 0 Å². The first-order chi connectivity index (χ1) is 12.0. The van der Waals surface area contributed by atoms with E-state index < -0.39 is 0 Å². The number of piperidine rings is 1. The number of carbonyl (C=O) groups is 2. The predicted molar refractivity (Wildman–Crippen MR) is 98.3 cm³/mol. The van der Waals surface area contributed by atoms with Gasteiger partial charge in [0.05, 0.1) is 5.01 Å². The van der Waals surface area contributed by atoms with Gasteiger partial charge in [0.25, 0.3) is 0 Å². The lowest BCUT2D eigenvalue weighted by Crippen LogP contribution is -2.66. The average molecular weight is 365 g/mol. The van der Waals surface area contributed by atoms with E-state index in [-0.39, 0.29) is 17.4 Å². The molecule has 0 radical (unpaired) electrons. The molecule has 0 bridgehead atoms. The van der Waals surface area contributed by atoms with Crippen molar-refractivity contribution in [2.75, 3.05) is 26.2 Å². The summed E-state index contributed by atoms with van der Waals surface area (Å²) in [6.07, 6.45) is 6.66. The van der Waals surface area contributed by atoms with Crippen molar-refractivity contribution in [2.45, 2.75) is 58.0 Å². The summed E-state index contributed by atoms with van der Waals surface area (Å²) in [5, 5.41) is 3.87. The second-order valence-corrected chi connectivity index (χ2v) is 8.57. The summed E-state index contributed by atoms with van der Waals surface area (Å²) < 4.78 is 0. The Bertz CT molecular complexity index is 632. The number of carbonyl (C=O) groups excluding carboxylic acids is 2. The van der Waals surface area contributed by atoms with Crippen LogP contribution in [-0.2, 0) is 16.1 Å². The van der Waals surface area contributed by atoms with E-state index in [1.54, 1.807) is 11.3 Å². The number of hydrogen-bond donors (Lipinski definition) is 1. The highest BCUT2D eigenvalue weighted by atomic mass is 32.1. The third-order valence-electron chi connectivity index (χ3n) is 5.38. The number of rotatable bonds is 6. The van der Waals surface area contributed by atoms with Crippen molar-refractivity contribution < 1.29 is 9.59 Å². The van der Waals surface area contributed by atoms with Crippen LogP contribution in [0, 0.1) is 6.92 Å². The minimum atomic E-state index is -0.0345. The van der Waals surface area contributed by atoms with Crippen LogP contribution in [0.15, 0.2) is 6.20 Å². The maximum Gasteiger partial charge on any atom is 0.222 e. The summed E-state index contributed by atoms with van der Waals surface area (Å²) in [6, 6.07) is 0. The van der Waals surface area contributed by atoms with Gasteiger partial charge in [0.2, 0.25) is 11.8 Å². The van der Waals surface area contributed by atoms with Gasteiger partial charge in [0.15, 0.2) is 0 Å². The van der Waals surface area contributed by atoms with Gasteiger partial charge in [0, 0.05) is 62.7 Å². The molecule has 1 spiro atoms. The number of nitrogens with zero attached hydrogens (tertiary/aromatic N) is 3. The van der Waals surface area contributed by atoms with Crippen molar-refractivity contribution in [3.63, 3.8) is 0 Å². The molecule has 6 nitrogen and oxygen atoms in total. The smallest absolute Gasteiger partial charge is 0.222 e. The van der Waals surface area contributed by atoms with Crippen LogP contribution in [0.2, 0.25) is 0 Å². The molecule has 1 atom stereocenters. The van der Waals surface area contributed by atoms with Crippen molar-refractivity contribution in [3.8, 4) is 0 Å². The summed E-state index contributed by atoms with van der Waals surface area (Å²) in [5.74, 6) is 0.192. The zero-order valence-electron chi connectivity index (χ0n) is 15.2. The van der Waals surface area contributed by atoms with Crippen molar-refractivity contribution in [1.29, 1.82) is 0 Å². The van der Waals surface area contributed by atoms with Gasteiger partial charge in [0.1, 0.15) is 0 Å². The SMILES string of the molecule is CC(=O)NCCCC(=O)N1CCC[C@@]2(CCN2Cc2cnc(C)s2)C1. The highest BCUT2D eigenvalue weighted by molar-refractivity contribution is 7.11. The topological polar surface area (TPSA) is 65.5 Å². The normalized spacial score (nSPS) is 23.5. The Kier molecular flexibility index (Phi) is 5.74. The van der Waals surface area contributed by atoms with Crippen LogP contribution in [0.25, 0.3) is 0 Å². The molecule has 3 rings (SSSR count). The molecule has 1 N–H and O–H groups in total. The van der Waals surface area contributed by atoms with E-state index in [4.69, 9.17) is 0 Å². The molecule has 1 aromatic rings. The fraction of sp³-hybridized carbons (Fsp3) is 0.722. The molecule has 2 saturated heterocycles. The van der Waals surface area contributed by atoms with Crippen LogP contribution in [-0.4, -0.2) is 58.3 Å². The van der Waals surface area contributed by atoms with Crippen molar-refractivity contribution in [1.82, 2.24) is 20.1 Å². The molecule has 0 saturated carbocycles. The fourth-order valence-corrected chi connectivity index (χ4v) is 4.76. The molecular weight excluding hydrogens is 336 g/mol. The number of aromatic nitrogens is 1. The Morgan fingerprint density at radius 2 is 2.20 bits per heavy atom. The molecule has 2 aliphatic heterocycles. The molecule has 2 amide bonds. The number of amides is 2. The van der Waals surface area contributed by atoms with Crippen LogP contribution >= 0.6 is 11.3 Å². The van der Waals surface area contributed by atoms with E-state index in [0.717, 1.165) is 37.6 Å². The third-order valence-corrected chi connectivity index (χ3v) is 6.28. The first kappa shape index (κ1) is 18.3.